The van der Waals surface area contributed by atoms with Crippen LogP contribution in [0.5, 0.6) is 0 Å². The Morgan fingerprint density at radius 1 is 1.14 bits per heavy atom. The first-order chi connectivity index (χ1) is 13.6. The number of hydrogen-bond acceptors (Lipinski definition) is 5. The average Bonchev–Trinajstić information content (AvgIpc) is 3.22. The lowest BCUT2D eigenvalue weighted by Crippen LogP contribution is -2.44. The number of aromatic nitrogens is 4. The first-order valence-electron chi connectivity index (χ1n) is 9.26. The average molecular weight is 379 g/mol. The Hall–Kier alpha value is -3.26. The maximum absolute atomic E-state index is 12.3. The fourth-order valence-corrected chi connectivity index (χ4v) is 2.96. The Morgan fingerprint density at radius 3 is 2.46 bits per heavy atom. The highest BCUT2D eigenvalue weighted by molar-refractivity contribution is 5.80. The lowest BCUT2D eigenvalue weighted by atomic mass is 9.98. The highest BCUT2D eigenvalue weighted by atomic mass is 16.2. The predicted molar refractivity (Wildman–Crippen MR) is 108 cm³/mol. The van der Waals surface area contributed by atoms with Gasteiger partial charge in [0.25, 0.3) is 0 Å². The monoisotopic (exact) mass is 379 g/mol. The number of urea groups is 1. The van der Waals surface area contributed by atoms with Crippen molar-refractivity contribution in [2.24, 2.45) is 5.73 Å². The SMILES string of the molecule is CC(C)NC(=O)N(CCN)Cc1ccc(-c2ccccc2-c2nn[nH]n2)cc1. The number of carbonyl (C=O) groups is 1. The molecule has 146 valence electrons. The van der Waals surface area contributed by atoms with E-state index in [1.165, 1.54) is 0 Å². The van der Waals surface area contributed by atoms with Gasteiger partial charge in [-0.3, -0.25) is 0 Å². The lowest BCUT2D eigenvalue weighted by molar-refractivity contribution is 0.194. The summed E-state index contributed by atoms with van der Waals surface area (Å²) < 4.78 is 0. The van der Waals surface area contributed by atoms with E-state index in [2.05, 4.69) is 25.9 Å². The molecule has 0 fully saturated rings. The van der Waals surface area contributed by atoms with Crippen molar-refractivity contribution in [2.75, 3.05) is 13.1 Å². The first-order valence-corrected chi connectivity index (χ1v) is 9.26. The third-order valence-electron chi connectivity index (χ3n) is 4.25. The molecule has 3 aromatic rings. The fourth-order valence-electron chi connectivity index (χ4n) is 2.96. The molecule has 0 radical (unpaired) electrons. The molecule has 1 aromatic heterocycles. The van der Waals surface area contributed by atoms with Crippen LogP contribution in [0.15, 0.2) is 48.5 Å². The molecule has 2 amide bonds. The number of aromatic amines is 1. The van der Waals surface area contributed by atoms with Gasteiger partial charge in [-0.05, 0) is 35.8 Å². The van der Waals surface area contributed by atoms with Gasteiger partial charge in [0.05, 0.1) is 0 Å². The quantitative estimate of drug-likeness (QED) is 0.583. The minimum absolute atomic E-state index is 0.0804. The van der Waals surface area contributed by atoms with Gasteiger partial charge >= 0.3 is 6.03 Å². The van der Waals surface area contributed by atoms with Gasteiger partial charge in [0.2, 0.25) is 5.82 Å². The Morgan fingerprint density at radius 2 is 1.86 bits per heavy atom. The van der Waals surface area contributed by atoms with Crippen molar-refractivity contribution >= 4 is 6.03 Å². The number of nitrogens with one attached hydrogen (secondary N) is 2. The number of nitrogens with two attached hydrogens (primary N) is 1. The van der Waals surface area contributed by atoms with Gasteiger partial charge < -0.3 is 16.0 Å². The molecule has 28 heavy (non-hydrogen) atoms. The Labute approximate surface area is 164 Å². The van der Waals surface area contributed by atoms with Gasteiger partial charge in [-0.25, -0.2) is 4.79 Å². The summed E-state index contributed by atoms with van der Waals surface area (Å²) in [5, 5.41) is 17.2. The lowest BCUT2D eigenvalue weighted by Gasteiger charge is -2.24. The van der Waals surface area contributed by atoms with Crippen LogP contribution >= 0.6 is 0 Å². The molecular weight excluding hydrogens is 354 g/mol. The molecule has 3 rings (SSSR count). The second-order valence-electron chi connectivity index (χ2n) is 6.79. The van der Waals surface area contributed by atoms with Gasteiger partial charge in [-0.2, -0.15) is 5.21 Å². The predicted octanol–water partition coefficient (Wildman–Crippen LogP) is 2.41. The highest BCUT2D eigenvalue weighted by Crippen LogP contribution is 2.29. The molecule has 4 N–H and O–H groups in total. The summed E-state index contributed by atoms with van der Waals surface area (Å²) in [5.74, 6) is 0.555. The van der Waals surface area contributed by atoms with E-state index in [4.69, 9.17) is 5.73 Å². The van der Waals surface area contributed by atoms with Crippen molar-refractivity contribution in [3.05, 3.63) is 54.1 Å². The van der Waals surface area contributed by atoms with Gasteiger partial charge in [0.15, 0.2) is 0 Å². The smallest absolute Gasteiger partial charge is 0.317 e. The van der Waals surface area contributed by atoms with E-state index in [9.17, 15) is 4.79 Å². The van der Waals surface area contributed by atoms with Crippen LogP contribution in [0.25, 0.3) is 22.5 Å². The number of carbonyl (C=O) groups excluding carboxylic acids is 1. The largest absolute Gasteiger partial charge is 0.336 e. The third-order valence-corrected chi connectivity index (χ3v) is 4.25. The first kappa shape index (κ1) is 19.5. The van der Waals surface area contributed by atoms with E-state index in [1.54, 1.807) is 4.90 Å². The van der Waals surface area contributed by atoms with Gasteiger partial charge in [-0.15, -0.1) is 10.2 Å². The molecule has 0 bridgehead atoms. The molecule has 0 atom stereocenters. The van der Waals surface area contributed by atoms with Crippen LogP contribution < -0.4 is 11.1 Å². The van der Waals surface area contributed by atoms with Crippen LogP contribution in [-0.2, 0) is 6.54 Å². The second-order valence-corrected chi connectivity index (χ2v) is 6.79. The number of H-pyrrole nitrogens is 1. The normalized spacial score (nSPS) is 10.9. The molecule has 0 saturated heterocycles. The van der Waals surface area contributed by atoms with Crippen molar-refractivity contribution in [1.29, 1.82) is 0 Å². The van der Waals surface area contributed by atoms with E-state index in [-0.39, 0.29) is 12.1 Å². The van der Waals surface area contributed by atoms with Crippen LogP contribution in [0.3, 0.4) is 0 Å². The van der Waals surface area contributed by atoms with Crippen LogP contribution in [0.2, 0.25) is 0 Å². The number of nitrogens with zero attached hydrogens (tertiary/aromatic N) is 4. The maximum Gasteiger partial charge on any atom is 0.317 e. The summed E-state index contributed by atoms with van der Waals surface area (Å²) in [7, 11) is 0. The Balaban J connectivity index is 1.80. The molecular formula is C20H25N7O. The number of rotatable bonds is 7. The maximum atomic E-state index is 12.3. The number of hydrogen-bond donors (Lipinski definition) is 3. The molecule has 0 unspecified atom stereocenters. The van der Waals surface area contributed by atoms with E-state index >= 15 is 0 Å². The van der Waals surface area contributed by atoms with Gasteiger partial charge in [0.1, 0.15) is 0 Å². The molecule has 0 saturated carbocycles. The minimum atomic E-state index is -0.105. The molecule has 1 heterocycles. The molecule has 2 aromatic carbocycles. The number of benzene rings is 2. The minimum Gasteiger partial charge on any atom is -0.336 e. The number of tetrazole rings is 1. The van der Waals surface area contributed by atoms with Gasteiger partial charge in [0, 0.05) is 31.2 Å². The Bertz CT molecular complexity index is 891. The zero-order valence-corrected chi connectivity index (χ0v) is 16.1. The summed E-state index contributed by atoms with van der Waals surface area (Å²) in [6.45, 7) is 5.30. The molecule has 8 heteroatoms. The summed E-state index contributed by atoms with van der Waals surface area (Å²) in [5.41, 5.74) is 9.68. The standard InChI is InChI=1S/C20H25N7O/c1-14(2)22-20(28)27(12-11-21)13-15-7-9-16(10-8-15)17-5-3-4-6-18(17)19-23-25-26-24-19/h3-10,14H,11-13,21H2,1-2H3,(H,22,28)(H,23,24,25,26). The summed E-state index contributed by atoms with van der Waals surface area (Å²) in [6, 6.07) is 16.0. The van der Waals surface area contributed by atoms with Crippen LogP contribution in [-0.4, -0.2) is 50.7 Å². The number of amides is 2. The summed E-state index contributed by atoms with van der Waals surface area (Å²) in [6.07, 6.45) is 0. The van der Waals surface area contributed by atoms with E-state index < -0.39 is 0 Å². The zero-order valence-electron chi connectivity index (χ0n) is 16.1. The van der Waals surface area contributed by atoms with E-state index in [0.717, 1.165) is 22.3 Å². The molecule has 0 aliphatic rings. The zero-order chi connectivity index (χ0) is 19.9. The molecule has 0 spiro atoms. The van der Waals surface area contributed by atoms with Crippen molar-refractivity contribution in [3.8, 4) is 22.5 Å². The van der Waals surface area contributed by atoms with E-state index in [0.29, 0.717) is 25.5 Å². The van der Waals surface area contributed by atoms with Crippen molar-refractivity contribution < 1.29 is 4.79 Å². The fraction of sp³-hybridized carbons (Fsp3) is 0.300. The van der Waals surface area contributed by atoms with Crippen molar-refractivity contribution in [2.45, 2.75) is 26.4 Å². The second kappa shape index (κ2) is 9.09. The summed E-state index contributed by atoms with van der Waals surface area (Å²) in [4.78, 5) is 14.1. The highest BCUT2D eigenvalue weighted by Gasteiger charge is 2.15. The Kier molecular flexibility index (Phi) is 6.33. The summed E-state index contributed by atoms with van der Waals surface area (Å²) >= 11 is 0. The molecule has 0 aliphatic carbocycles. The van der Waals surface area contributed by atoms with Crippen LogP contribution in [0.4, 0.5) is 4.79 Å². The van der Waals surface area contributed by atoms with Crippen LogP contribution in [0.1, 0.15) is 19.4 Å². The van der Waals surface area contributed by atoms with E-state index in [1.807, 2.05) is 62.4 Å². The van der Waals surface area contributed by atoms with Crippen LogP contribution in [0, 0.1) is 0 Å². The van der Waals surface area contributed by atoms with Crippen molar-refractivity contribution in [3.63, 3.8) is 0 Å². The third kappa shape index (κ3) is 4.72. The molecule has 8 nitrogen and oxygen atoms in total. The topological polar surface area (TPSA) is 113 Å². The molecule has 0 aliphatic heterocycles. The van der Waals surface area contributed by atoms with Gasteiger partial charge in [-0.1, -0.05) is 48.5 Å². The van der Waals surface area contributed by atoms with Crippen molar-refractivity contribution in [1.82, 2.24) is 30.8 Å².